The van der Waals surface area contributed by atoms with E-state index < -0.39 is 5.54 Å². The molecule has 1 N–H and O–H groups in total. The number of ether oxygens (including phenoxy) is 1. The van der Waals surface area contributed by atoms with Crippen molar-refractivity contribution in [2.24, 2.45) is 5.92 Å². The lowest BCUT2D eigenvalue weighted by Crippen LogP contribution is -2.54. The van der Waals surface area contributed by atoms with E-state index in [2.05, 4.69) is 29.3 Å². The Morgan fingerprint density at radius 1 is 1.43 bits per heavy atom. The Balaban J connectivity index is 1.87. The number of benzene rings is 1. The van der Waals surface area contributed by atoms with Crippen molar-refractivity contribution in [2.75, 3.05) is 31.1 Å². The molecule has 0 amide bonds. The molecule has 1 atom stereocenters. The Morgan fingerprint density at radius 2 is 2.24 bits per heavy atom. The Labute approximate surface area is 126 Å². The van der Waals surface area contributed by atoms with Crippen LogP contribution in [0.2, 0.25) is 0 Å². The van der Waals surface area contributed by atoms with Crippen LogP contribution < -0.4 is 15.0 Å². The smallest absolute Gasteiger partial charge is 0.142 e. The van der Waals surface area contributed by atoms with E-state index in [0.717, 1.165) is 56.9 Å². The van der Waals surface area contributed by atoms with Crippen LogP contribution in [0.4, 0.5) is 5.69 Å². The molecule has 0 radical (unpaired) electrons. The molecule has 4 nitrogen and oxygen atoms in total. The van der Waals surface area contributed by atoms with Crippen molar-refractivity contribution in [3.8, 4) is 11.8 Å². The molecule has 0 spiro atoms. The normalized spacial score (nSPS) is 20.7. The number of nitriles is 1. The van der Waals surface area contributed by atoms with Gasteiger partial charge in [-0.3, -0.25) is 5.32 Å². The van der Waals surface area contributed by atoms with Crippen LogP contribution in [-0.2, 0) is 0 Å². The van der Waals surface area contributed by atoms with Crippen LogP contribution in [0.3, 0.4) is 0 Å². The van der Waals surface area contributed by atoms with Gasteiger partial charge in [-0.2, -0.15) is 5.26 Å². The zero-order valence-electron chi connectivity index (χ0n) is 12.6. The van der Waals surface area contributed by atoms with Crippen molar-refractivity contribution in [3.63, 3.8) is 0 Å². The highest BCUT2D eigenvalue weighted by Gasteiger charge is 2.46. The van der Waals surface area contributed by atoms with Gasteiger partial charge >= 0.3 is 0 Å². The van der Waals surface area contributed by atoms with Gasteiger partial charge in [0.2, 0.25) is 0 Å². The summed E-state index contributed by atoms with van der Waals surface area (Å²) in [5, 5.41) is 13.3. The van der Waals surface area contributed by atoms with E-state index in [-0.39, 0.29) is 0 Å². The van der Waals surface area contributed by atoms with Gasteiger partial charge in [-0.15, -0.1) is 0 Å². The maximum absolute atomic E-state index is 9.80. The third-order valence-electron chi connectivity index (χ3n) is 4.44. The van der Waals surface area contributed by atoms with E-state index in [1.54, 1.807) is 0 Å². The van der Waals surface area contributed by atoms with Gasteiger partial charge in [0.15, 0.2) is 0 Å². The minimum absolute atomic E-state index is 0.424. The van der Waals surface area contributed by atoms with Gasteiger partial charge in [0, 0.05) is 13.1 Å². The van der Waals surface area contributed by atoms with Gasteiger partial charge < -0.3 is 9.64 Å². The third-order valence-corrected chi connectivity index (χ3v) is 4.44. The Kier molecular flexibility index (Phi) is 4.03. The molecule has 2 aliphatic rings. The standard InChI is InChI=1S/C17H23N3O/c1-2-19-17(12-18,14-8-9-14)13-20-10-5-11-21-16-7-4-3-6-15(16)20/h3-4,6-7,14,19H,2,5,8-11,13H2,1H3. The lowest BCUT2D eigenvalue weighted by molar-refractivity contribution is 0.321. The van der Waals surface area contributed by atoms with Crippen molar-refractivity contribution < 1.29 is 4.74 Å². The molecular weight excluding hydrogens is 262 g/mol. The predicted octanol–water partition coefficient (Wildman–Crippen LogP) is 2.56. The molecule has 1 aliphatic heterocycles. The molecule has 1 aromatic carbocycles. The molecule has 0 aromatic heterocycles. The van der Waals surface area contributed by atoms with Gasteiger partial charge in [0.25, 0.3) is 0 Å². The van der Waals surface area contributed by atoms with Gasteiger partial charge in [-0.1, -0.05) is 19.1 Å². The summed E-state index contributed by atoms with van der Waals surface area (Å²) in [5.74, 6) is 1.42. The van der Waals surface area contributed by atoms with Crippen LogP contribution in [0.1, 0.15) is 26.2 Å². The Bertz CT molecular complexity index is 535. The average molecular weight is 285 g/mol. The number of anilines is 1. The fourth-order valence-electron chi connectivity index (χ4n) is 3.25. The Hall–Kier alpha value is -1.73. The first-order valence-electron chi connectivity index (χ1n) is 7.92. The summed E-state index contributed by atoms with van der Waals surface area (Å²) < 4.78 is 5.82. The molecular formula is C17H23N3O. The fraction of sp³-hybridized carbons (Fsp3) is 0.588. The highest BCUT2D eigenvalue weighted by molar-refractivity contribution is 5.59. The largest absolute Gasteiger partial charge is 0.491 e. The zero-order valence-corrected chi connectivity index (χ0v) is 12.6. The molecule has 1 unspecified atom stereocenters. The minimum atomic E-state index is -0.424. The lowest BCUT2D eigenvalue weighted by atomic mass is 9.93. The molecule has 112 valence electrons. The second kappa shape index (κ2) is 5.95. The first-order chi connectivity index (χ1) is 10.3. The molecule has 21 heavy (non-hydrogen) atoms. The average Bonchev–Trinajstić information content (AvgIpc) is 3.35. The van der Waals surface area contributed by atoms with Gasteiger partial charge in [-0.05, 0) is 43.9 Å². The summed E-state index contributed by atoms with van der Waals surface area (Å²) in [6.45, 7) is 5.34. The van der Waals surface area contributed by atoms with E-state index >= 15 is 0 Å². The number of hydrogen-bond acceptors (Lipinski definition) is 4. The van der Waals surface area contributed by atoms with Gasteiger partial charge in [0.05, 0.1) is 18.4 Å². The number of para-hydroxylation sites is 2. The number of nitrogens with zero attached hydrogens (tertiary/aromatic N) is 2. The van der Waals surface area contributed by atoms with Gasteiger partial charge in [0.1, 0.15) is 11.3 Å². The first-order valence-corrected chi connectivity index (χ1v) is 7.92. The maximum atomic E-state index is 9.80. The van der Waals surface area contributed by atoms with Crippen LogP contribution in [-0.4, -0.2) is 31.8 Å². The van der Waals surface area contributed by atoms with E-state index in [1.807, 2.05) is 18.2 Å². The number of fused-ring (bicyclic) bond motifs is 1. The summed E-state index contributed by atoms with van der Waals surface area (Å²) in [6, 6.07) is 10.7. The monoisotopic (exact) mass is 285 g/mol. The van der Waals surface area contributed by atoms with Crippen LogP contribution in [0, 0.1) is 17.2 Å². The molecule has 0 saturated heterocycles. The van der Waals surface area contributed by atoms with Crippen molar-refractivity contribution in [3.05, 3.63) is 24.3 Å². The van der Waals surface area contributed by atoms with E-state index in [1.165, 1.54) is 0 Å². The molecule has 1 fully saturated rings. The molecule has 3 rings (SSSR count). The van der Waals surface area contributed by atoms with Crippen molar-refractivity contribution >= 4 is 5.69 Å². The van der Waals surface area contributed by atoms with Crippen molar-refractivity contribution in [1.82, 2.24) is 5.32 Å². The van der Waals surface area contributed by atoms with E-state index in [0.29, 0.717) is 5.92 Å². The van der Waals surface area contributed by atoms with Crippen LogP contribution >= 0.6 is 0 Å². The Morgan fingerprint density at radius 3 is 2.95 bits per heavy atom. The highest BCUT2D eigenvalue weighted by Crippen LogP contribution is 2.41. The van der Waals surface area contributed by atoms with Crippen LogP contribution in [0.25, 0.3) is 0 Å². The maximum Gasteiger partial charge on any atom is 0.142 e. The summed E-state index contributed by atoms with van der Waals surface area (Å²) in [5.41, 5.74) is 0.694. The zero-order chi connectivity index (χ0) is 14.7. The number of likely N-dealkylation sites (N-methyl/N-ethyl adjacent to an activating group) is 1. The second-order valence-corrected chi connectivity index (χ2v) is 5.98. The van der Waals surface area contributed by atoms with E-state index in [4.69, 9.17) is 4.74 Å². The van der Waals surface area contributed by atoms with Crippen molar-refractivity contribution in [1.29, 1.82) is 5.26 Å². The topological polar surface area (TPSA) is 48.3 Å². The summed E-state index contributed by atoms with van der Waals surface area (Å²) in [4.78, 5) is 2.33. The van der Waals surface area contributed by atoms with Gasteiger partial charge in [-0.25, -0.2) is 0 Å². The van der Waals surface area contributed by atoms with Crippen molar-refractivity contribution in [2.45, 2.75) is 31.7 Å². The lowest BCUT2D eigenvalue weighted by Gasteiger charge is -2.35. The SMILES string of the molecule is CCNC(C#N)(CN1CCCOc2ccccc21)C1CC1. The minimum Gasteiger partial charge on any atom is -0.491 e. The summed E-state index contributed by atoms with van der Waals surface area (Å²) in [6.07, 6.45) is 3.31. The third kappa shape index (κ3) is 2.84. The molecule has 1 heterocycles. The summed E-state index contributed by atoms with van der Waals surface area (Å²) >= 11 is 0. The van der Waals surface area contributed by atoms with Crippen LogP contribution in [0.15, 0.2) is 24.3 Å². The molecule has 1 saturated carbocycles. The van der Waals surface area contributed by atoms with E-state index in [9.17, 15) is 5.26 Å². The quantitative estimate of drug-likeness (QED) is 0.903. The number of hydrogen-bond donors (Lipinski definition) is 1. The molecule has 4 heteroatoms. The molecule has 1 aromatic rings. The first kappa shape index (κ1) is 14.2. The number of nitrogens with one attached hydrogen (secondary N) is 1. The molecule has 0 bridgehead atoms. The second-order valence-electron chi connectivity index (χ2n) is 5.98. The fourth-order valence-corrected chi connectivity index (χ4v) is 3.25. The molecule has 1 aliphatic carbocycles. The predicted molar refractivity (Wildman–Crippen MR) is 83.5 cm³/mol. The summed E-state index contributed by atoms with van der Waals surface area (Å²) in [7, 11) is 0. The highest BCUT2D eigenvalue weighted by atomic mass is 16.5. The number of rotatable bonds is 5. The van der Waals surface area contributed by atoms with Crippen LogP contribution in [0.5, 0.6) is 5.75 Å².